The number of rotatable bonds is 10. The lowest BCUT2D eigenvalue weighted by atomic mass is 10.0. The summed E-state index contributed by atoms with van der Waals surface area (Å²) in [5.41, 5.74) is -0.115. The van der Waals surface area contributed by atoms with Crippen LogP contribution >= 0.6 is 0 Å². The van der Waals surface area contributed by atoms with E-state index in [0.717, 1.165) is 19.3 Å². The number of oxime groups is 1. The molecule has 0 fully saturated rings. The molecule has 0 aliphatic carbocycles. The molecule has 6 heteroatoms. The van der Waals surface area contributed by atoms with E-state index in [4.69, 9.17) is 4.74 Å². The Balaban J connectivity index is 2.10. The molecule has 0 heterocycles. The molecule has 2 rings (SSSR count). The molecule has 0 unspecified atom stereocenters. The Bertz CT molecular complexity index is 815. The van der Waals surface area contributed by atoms with Gasteiger partial charge >= 0.3 is 6.16 Å². The number of carbonyl (C=O) groups excluding carboxylic acids is 3. The molecular formula is C22H23NO5. The fraction of sp³-hybridized carbons (Fsp3) is 0.273. The van der Waals surface area contributed by atoms with E-state index in [-0.39, 0.29) is 12.2 Å². The number of Topliss-reactive ketones (excluding diaryl/α,β-unsaturated/α-hetero) is 2. The van der Waals surface area contributed by atoms with Gasteiger partial charge in [-0.2, -0.15) is 0 Å². The third-order valence-electron chi connectivity index (χ3n) is 3.93. The molecule has 146 valence electrons. The van der Waals surface area contributed by atoms with Crippen molar-refractivity contribution < 1.29 is 24.0 Å². The highest BCUT2D eigenvalue weighted by molar-refractivity contribution is 6.69. The van der Waals surface area contributed by atoms with Crippen molar-refractivity contribution in [2.75, 3.05) is 0 Å². The van der Waals surface area contributed by atoms with Crippen molar-refractivity contribution in [3.8, 4) is 5.75 Å². The lowest BCUT2D eigenvalue weighted by molar-refractivity contribution is -0.113. The Morgan fingerprint density at radius 2 is 1.50 bits per heavy atom. The third kappa shape index (κ3) is 6.79. The molecule has 0 aliphatic rings. The van der Waals surface area contributed by atoms with Gasteiger partial charge in [-0.1, -0.05) is 79.9 Å². The van der Waals surface area contributed by atoms with Crippen LogP contribution < -0.4 is 4.74 Å². The van der Waals surface area contributed by atoms with Gasteiger partial charge in [0.2, 0.25) is 5.78 Å². The third-order valence-corrected chi connectivity index (χ3v) is 3.93. The Kier molecular flexibility index (Phi) is 8.59. The van der Waals surface area contributed by atoms with E-state index < -0.39 is 23.4 Å². The summed E-state index contributed by atoms with van der Waals surface area (Å²) in [4.78, 5) is 41.7. The van der Waals surface area contributed by atoms with Gasteiger partial charge in [0.05, 0.1) is 0 Å². The number of unbranched alkanes of at least 4 members (excludes halogenated alkanes) is 3. The van der Waals surface area contributed by atoms with Crippen LogP contribution in [0.2, 0.25) is 0 Å². The van der Waals surface area contributed by atoms with Crippen molar-refractivity contribution in [2.24, 2.45) is 5.16 Å². The molecule has 0 aromatic heterocycles. The molecule has 0 radical (unpaired) electrons. The zero-order valence-electron chi connectivity index (χ0n) is 15.8. The Morgan fingerprint density at radius 3 is 2.14 bits per heavy atom. The first-order chi connectivity index (χ1) is 13.6. The second-order valence-corrected chi connectivity index (χ2v) is 6.13. The minimum absolute atomic E-state index is 0.161. The molecule has 0 saturated carbocycles. The minimum Gasteiger partial charge on any atom is -0.393 e. The molecule has 2 aromatic carbocycles. The van der Waals surface area contributed by atoms with Gasteiger partial charge in [0.1, 0.15) is 5.75 Å². The topological polar surface area (TPSA) is 82.0 Å². The molecule has 0 N–H and O–H groups in total. The smallest absolute Gasteiger partial charge is 0.393 e. The molecule has 6 nitrogen and oxygen atoms in total. The Morgan fingerprint density at radius 1 is 0.857 bits per heavy atom. The van der Waals surface area contributed by atoms with Crippen LogP contribution in [0.4, 0.5) is 4.79 Å². The van der Waals surface area contributed by atoms with Gasteiger partial charge in [-0.25, -0.2) is 4.79 Å². The maximum atomic E-state index is 12.7. The summed E-state index contributed by atoms with van der Waals surface area (Å²) in [5.74, 6) is -0.782. The van der Waals surface area contributed by atoms with Crippen LogP contribution in [0.25, 0.3) is 0 Å². The van der Waals surface area contributed by atoms with Crippen LogP contribution in [-0.4, -0.2) is 23.4 Å². The summed E-state index contributed by atoms with van der Waals surface area (Å²) in [6, 6.07) is 16.6. The summed E-state index contributed by atoms with van der Waals surface area (Å²) in [6.45, 7) is 2.07. The van der Waals surface area contributed by atoms with E-state index in [9.17, 15) is 14.4 Å². The largest absolute Gasteiger partial charge is 0.540 e. The molecule has 0 aliphatic heterocycles. The number of hydrogen-bond donors (Lipinski definition) is 0. The first-order valence-electron chi connectivity index (χ1n) is 9.26. The van der Waals surface area contributed by atoms with Crippen LogP contribution in [0.15, 0.2) is 65.8 Å². The standard InChI is InChI=1S/C22H23NO5/c1-2-3-4-11-16-19(24)20(21(25)17-12-7-5-8-13-17)23-28-22(26)27-18-14-9-6-10-15-18/h5-10,12-15H,2-4,11,16H2,1H3/b23-20+. The maximum absolute atomic E-state index is 12.7. The monoisotopic (exact) mass is 381 g/mol. The highest BCUT2D eigenvalue weighted by Gasteiger charge is 2.23. The number of ketones is 2. The fourth-order valence-corrected chi connectivity index (χ4v) is 2.46. The van der Waals surface area contributed by atoms with E-state index in [0.29, 0.717) is 12.0 Å². The molecule has 0 bridgehead atoms. The van der Waals surface area contributed by atoms with E-state index >= 15 is 0 Å². The van der Waals surface area contributed by atoms with Crippen LogP contribution in [0, 0.1) is 0 Å². The predicted octanol–water partition coefficient (Wildman–Crippen LogP) is 4.98. The molecule has 0 amide bonds. The van der Waals surface area contributed by atoms with Gasteiger partial charge in [-0.3, -0.25) is 14.4 Å². The number of hydrogen-bond acceptors (Lipinski definition) is 6. The van der Waals surface area contributed by atoms with Crippen LogP contribution in [0.5, 0.6) is 5.75 Å². The fourth-order valence-electron chi connectivity index (χ4n) is 2.46. The number of para-hydroxylation sites is 1. The summed E-state index contributed by atoms with van der Waals surface area (Å²) in [6.07, 6.45) is 2.60. The zero-order chi connectivity index (χ0) is 20.2. The lowest BCUT2D eigenvalue weighted by Crippen LogP contribution is -2.25. The van der Waals surface area contributed by atoms with Crippen molar-refractivity contribution >= 4 is 23.4 Å². The lowest BCUT2D eigenvalue weighted by Gasteiger charge is -2.06. The normalized spacial score (nSPS) is 11.0. The van der Waals surface area contributed by atoms with Gasteiger partial charge in [-0.15, -0.1) is 0 Å². The number of nitrogens with zero attached hydrogens (tertiary/aromatic N) is 1. The Hall–Kier alpha value is -3.28. The minimum atomic E-state index is -1.12. The second kappa shape index (κ2) is 11.4. The van der Waals surface area contributed by atoms with Gasteiger partial charge < -0.3 is 4.74 Å². The van der Waals surface area contributed by atoms with E-state index in [1.807, 2.05) is 0 Å². The van der Waals surface area contributed by atoms with Crippen molar-refractivity contribution in [2.45, 2.75) is 39.0 Å². The molecular weight excluding hydrogens is 358 g/mol. The predicted molar refractivity (Wildman–Crippen MR) is 106 cm³/mol. The average Bonchev–Trinajstić information content (AvgIpc) is 2.72. The van der Waals surface area contributed by atoms with Crippen molar-refractivity contribution in [1.82, 2.24) is 0 Å². The van der Waals surface area contributed by atoms with Crippen LogP contribution in [0.1, 0.15) is 49.4 Å². The van der Waals surface area contributed by atoms with E-state index in [1.165, 1.54) is 0 Å². The first-order valence-corrected chi connectivity index (χ1v) is 9.26. The highest BCUT2D eigenvalue weighted by atomic mass is 16.8. The van der Waals surface area contributed by atoms with E-state index in [1.54, 1.807) is 60.7 Å². The van der Waals surface area contributed by atoms with Crippen LogP contribution in [-0.2, 0) is 9.63 Å². The first kappa shape index (κ1) is 21.0. The summed E-state index contributed by atoms with van der Waals surface area (Å²) in [7, 11) is 0. The van der Waals surface area contributed by atoms with Gasteiger partial charge in [0.25, 0.3) is 0 Å². The summed E-state index contributed by atoms with van der Waals surface area (Å²) >= 11 is 0. The molecule has 0 atom stereocenters. The quantitative estimate of drug-likeness (QED) is 0.0847. The second-order valence-electron chi connectivity index (χ2n) is 6.13. The summed E-state index contributed by atoms with van der Waals surface area (Å²) in [5, 5.41) is 3.54. The van der Waals surface area contributed by atoms with Crippen LogP contribution in [0.3, 0.4) is 0 Å². The van der Waals surface area contributed by atoms with Gasteiger partial charge in [0, 0.05) is 12.0 Å². The number of carbonyl (C=O) groups is 3. The van der Waals surface area contributed by atoms with Crippen molar-refractivity contribution in [3.05, 3.63) is 66.2 Å². The maximum Gasteiger partial charge on any atom is 0.540 e. The highest BCUT2D eigenvalue weighted by Crippen LogP contribution is 2.11. The summed E-state index contributed by atoms with van der Waals surface area (Å²) < 4.78 is 4.95. The van der Waals surface area contributed by atoms with Gasteiger partial charge in [0.15, 0.2) is 11.5 Å². The average molecular weight is 381 g/mol. The molecule has 28 heavy (non-hydrogen) atoms. The SMILES string of the molecule is CCCCCCC(=O)/C(=N\OC(=O)Oc1ccccc1)C(=O)c1ccccc1. The molecule has 0 saturated heterocycles. The van der Waals surface area contributed by atoms with Crippen molar-refractivity contribution in [3.63, 3.8) is 0 Å². The zero-order valence-corrected chi connectivity index (χ0v) is 15.8. The van der Waals surface area contributed by atoms with E-state index in [2.05, 4.69) is 16.9 Å². The molecule has 0 spiro atoms. The number of ether oxygens (including phenoxy) is 1. The Labute approximate surface area is 164 Å². The van der Waals surface area contributed by atoms with Gasteiger partial charge in [-0.05, 0) is 18.6 Å². The van der Waals surface area contributed by atoms with Crippen molar-refractivity contribution in [1.29, 1.82) is 0 Å². The molecule has 2 aromatic rings. The number of benzene rings is 2.